The van der Waals surface area contributed by atoms with Crippen molar-refractivity contribution in [3.05, 3.63) is 50.9 Å². The Bertz CT molecular complexity index is 856. The van der Waals surface area contributed by atoms with E-state index in [4.69, 9.17) is 4.98 Å². The van der Waals surface area contributed by atoms with Crippen LogP contribution in [0.3, 0.4) is 0 Å². The van der Waals surface area contributed by atoms with Crippen molar-refractivity contribution >= 4 is 11.6 Å². The molecule has 0 aliphatic carbocycles. The Morgan fingerprint density at radius 3 is 2.50 bits per heavy atom. The lowest BCUT2D eigenvalue weighted by Crippen LogP contribution is -2.48. The van der Waals surface area contributed by atoms with E-state index in [-0.39, 0.29) is 5.56 Å². The van der Waals surface area contributed by atoms with E-state index in [0.29, 0.717) is 6.67 Å². The Balaban J connectivity index is 2.05. The SMILES string of the molecule is CCCCCN1CN(c2ccc(C)c(C)c2)c2nc(C)c(C)c(=O)n2C1. The quantitative estimate of drug-likeness (QED) is 0.760. The fourth-order valence-corrected chi connectivity index (χ4v) is 3.40. The van der Waals surface area contributed by atoms with Gasteiger partial charge in [-0.15, -0.1) is 0 Å². The minimum Gasteiger partial charge on any atom is -0.298 e. The van der Waals surface area contributed by atoms with Crippen molar-refractivity contribution in [3.63, 3.8) is 0 Å². The van der Waals surface area contributed by atoms with E-state index in [9.17, 15) is 4.79 Å². The number of benzene rings is 1. The number of nitrogens with zero attached hydrogens (tertiary/aromatic N) is 4. The van der Waals surface area contributed by atoms with Gasteiger partial charge in [-0.1, -0.05) is 25.8 Å². The molecule has 0 unspecified atom stereocenters. The highest BCUT2D eigenvalue weighted by Gasteiger charge is 2.27. The summed E-state index contributed by atoms with van der Waals surface area (Å²) in [7, 11) is 0. The van der Waals surface area contributed by atoms with E-state index >= 15 is 0 Å². The molecule has 0 spiro atoms. The van der Waals surface area contributed by atoms with Crippen molar-refractivity contribution in [1.29, 1.82) is 0 Å². The Kier molecular flexibility index (Phi) is 5.47. The van der Waals surface area contributed by atoms with Gasteiger partial charge in [-0.05, 0) is 57.4 Å². The summed E-state index contributed by atoms with van der Waals surface area (Å²) in [6.07, 6.45) is 3.57. The number of hydrogen-bond donors (Lipinski definition) is 0. The molecule has 140 valence electrons. The standard InChI is InChI=1S/C21H30N4O/c1-6-7-8-11-23-13-24(19-10-9-15(2)16(3)12-19)21-22-18(5)17(4)20(26)25(21)14-23/h9-10,12H,6-8,11,13-14H2,1-5H3. The average Bonchev–Trinajstić information content (AvgIpc) is 2.62. The first-order chi connectivity index (χ1) is 12.4. The third-order valence-corrected chi connectivity index (χ3v) is 5.42. The number of unbranched alkanes of at least 4 members (excludes halogenated alkanes) is 2. The van der Waals surface area contributed by atoms with Crippen LogP contribution >= 0.6 is 0 Å². The molecule has 1 aliphatic rings. The zero-order valence-electron chi connectivity index (χ0n) is 16.7. The van der Waals surface area contributed by atoms with Crippen LogP contribution in [-0.4, -0.2) is 27.7 Å². The Morgan fingerprint density at radius 1 is 1.04 bits per heavy atom. The maximum absolute atomic E-state index is 12.9. The summed E-state index contributed by atoms with van der Waals surface area (Å²) in [5.74, 6) is 0.757. The van der Waals surface area contributed by atoms with Crippen molar-refractivity contribution in [2.75, 3.05) is 18.1 Å². The summed E-state index contributed by atoms with van der Waals surface area (Å²) in [5.41, 5.74) is 5.25. The molecule has 1 aliphatic heterocycles. The van der Waals surface area contributed by atoms with Crippen LogP contribution in [0.5, 0.6) is 0 Å². The normalized spacial score (nSPS) is 14.6. The number of aromatic nitrogens is 2. The van der Waals surface area contributed by atoms with Gasteiger partial charge in [0, 0.05) is 23.5 Å². The maximum atomic E-state index is 12.9. The van der Waals surface area contributed by atoms with Crippen LogP contribution in [0.2, 0.25) is 0 Å². The smallest absolute Gasteiger partial charge is 0.259 e. The fraction of sp³-hybridized carbons (Fsp3) is 0.524. The number of rotatable bonds is 5. The van der Waals surface area contributed by atoms with E-state index in [1.54, 1.807) is 0 Å². The third kappa shape index (κ3) is 3.54. The van der Waals surface area contributed by atoms with Crippen LogP contribution in [0.4, 0.5) is 11.6 Å². The minimum absolute atomic E-state index is 0.0709. The first-order valence-electron chi connectivity index (χ1n) is 9.57. The Morgan fingerprint density at radius 2 is 1.81 bits per heavy atom. The van der Waals surface area contributed by atoms with Gasteiger partial charge in [0.15, 0.2) is 0 Å². The van der Waals surface area contributed by atoms with Crippen LogP contribution in [-0.2, 0) is 6.67 Å². The minimum atomic E-state index is 0.0709. The maximum Gasteiger partial charge on any atom is 0.259 e. The van der Waals surface area contributed by atoms with Gasteiger partial charge in [0.25, 0.3) is 5.56 Å². The fourth-order valence-electron chi connectivity index (χ4n) is 3.40. The summed E-state index contributed by atoms with van der Waals surface area (Å²) in [4.78, 5) is 22.2. The lowest BCUT2D eigenvalue weighted by molar-refractivity contribution is 0.194. The zero-order valence-corrected chi connectivity index (χ0v) is 16.7. The first kappa shape index (κ1) is 18.6. The molecule has 0 bridgehead atoms. The summed E-state index contributed by atoms with van der Waals surface area (Å²) in [5, 5.41) is 0. The molecule has 26 heavy (non-hydrogen) atoms. The summed E-state index contributed by atoms with van der Waals surface area (Å²) in [6, 6.07) is 6.46. The molecule has 1 aromatic heterocycles. The number of hydrogen-bond acceptors (Lipinski definition) is 4. The molecule has 2 heterocycles. The molecule has 0 amide bonds. The molecule has 2 aromatic rings. The largest absolute Gasteiger partial charge is 0.298 e. The van der Waals surface area contributed by atoms with Gasteiger partial charge in [0.2, 0.25) is 5.95 Å². The average molecular weight is 354 g/mol. The number of anilines is 2. The van der Waals surface area contributed by atoms with E-state index in [2.05, 4.69) is 48.8 Å². The second-order valence-corrected chi connectivity index (χ2v) is 7.44. The lowest BCUT2D eigenvalue weighted by Gasteiger charge is -2.38. The zero-order chi connectivity index (χ0) is 18.8. The predicted octanol–water partition coefficient (Wildman–Crippen LogP) is 4.04. The van der Waals surface area contributed by atoms with E-state index < -0.39 is 0 Å². The van der Waals surface area contributed by atoms with Crippen LogP contribution in [0.1, 0.15) is 48.6 Å². The molecule has 3 rings (SSSR count). The van der Waals surface area contributed by atoms with E-state index in [1.807, 2.05) is 18.4 Å². The first-order valence-corrected chi connectivity index (χ1v) is 9.57. The van der Waals surface area contributed by atoms with Gasteiger partial charge in [-0.2, -0.15) is 0 Å². The molecule has 0 N–H and O–H groups in total. The molecule has 1 aromatic carbocycles. The topological polar surface area (TPSA) is 41.4 Å². The van der Waals surface area contributed by atoms with Gasteiger partial charge in [0.05, 0.1) is 13.3 Å². The number of aryl methyl sites for hydroxylation is 3. The van der Waals surface area contributed by atoms with Crippen LogP contribution in [0, 0.1) is 27.7 Å². The summed E-state index contributed by atoms with van der Waals surface area (Å²) < 4.78 is 1.83. The summed E-state index contributed by atoms with van der Waals surface area (Å²) >= 11 is 0. The van der Waals surface area contributed by atoms with Crippen molar-refractivity contribution in [3.8, 4) is 0 Å². The van der Waals surface area contributed by atoms with Gasteiger partial charge >= 0.3 is 0 Å². The van der Waals surface area contributed by atoms with Crippen LogP contribution in [0.15, 0.2) is 23.0 Å². The highest BCUT2D eigenvalue weighted by molar-refractivity contribution is 5.60. The van der Waals surface area contributed by atoms with Gasteiger partial charge in [-0.25, -0.2) is 4.98 Å². The molecule has 0 fully saturated rings. The Labute approximate surface area is 156 Å². The molecule has 5 heteroatoms. The molecule has 0 atom stereocenters. The molecule has 0 saturated heterocycles. The van der Waals surface area contributed by atoms with Crippen LogP contribution in [0.25, 0.3) is 0 Å². The van der Waals surface area contributed by atoms with E-state index in [0.717, 1.165) is 42.5 Å². The number of fused-ring (bicyclic) bond motifs is 1. The lowest BCUT2D eigenvalue weighted by atomic mass is 10.1. The van der Waals surface area contributed by atoms with Crippen LogP contribution < -0.4 is 10.5 Å². The monoisotopic (exact) mass is 354 g/mol. The Hall–Kier alpha value is -2.14. The molecular formula is C21H30N4O. The predicted molar refractivity (Wildman–Crippen MR) is 107 cm³/mol. The van der Waals surface area contributed by atoms with Crippen molar-refractivity contribution in [1.82, 2.24) is 14.5 Å². The van der Waals surface area contributed by atoms with E-state index in [1.165, 1.54) is 24.0 Å². The molecule has 0 saturated carbocycles. The third-order valence-electron chi connectivity index (χ3n) is 5.42. The molecule has 0 radical (unpaired) electrons. The van der Waals surface area contributed by atoms with Gasteiger partial charge in [0.1, 0.15) is 0 Å². The second-order valence-electron chi connectivity index (χ2n) is 7.44. The van der Waals surface area contributed by atoms with Crippen molar-refractivity contribution in [2.45, 2.75) is 60.5 Å². The highest BCUT2D eigenvalue weighted by Crippen LogP contribution is 2.29. The highest BCUT2D eigenvalue weighted by atomic mass is 16.1. The van der Waals surface area contributed by atoms with Gasteiger partial charge in [-0.3, -0.25) is 19.2 Å². The van der Waals surface area contributed by atoms with Crippen molar-refractivity contribution in [2.24, 2.45) is 0 Å². The second kappa shape index (κ2) is 7.62. The van der Waals surface area contributed by atoms with Crippen molar-refractivity contribution < 1.29 is 0 Å². The van der Waals surface area contributed by atoms with Gasteiger partial charge < -0.3 is 0 Å². The summed E-state index contributed by atoms with van der Waals surface area (Å²) in [6.45, 7) is 12.6. The molecular weight excluding hydrogens is 324 g/mol. The molecule has 5 nitrogen and oxygen atoms in total.